The highest BCUT2D eigenvalue weighted by Gasteiger charge is 2.13. The molecule has 0 aliphatic carbocycles. The number of nitrogens with one attached hydrogen (secondary N) is 2. The molecule has 0 amide bonds. The second-order valence-electron chi connectivity index (χ2n) is 3.61. The first-order valence-electron chi connectivity index (χ1n) is 5.52. The van der Waals surface area contributed by atoms with Gasteiger partial charge in [0.05, 0.1) is 6.04 Å². The molecule has 0 aliphatic heterocycles. The lowest BCUT2D eigenvalue weighted by Crippen LogP contribution is -2.24. The number of rotatable bonds is 5. The smallest absolute Gasteiger partial charge is 0.123 e. The molecule has 4 nitrogen and oxygen atoms in total. The molecule has 0 spiro atoms. The Hall–Kier alpha value is -1.68. The number of likely N-dealkylation sites (N-methyl/N-ethyl adjacent to an activating group) is 1. The largest absolute Gasteiger partial charge is 0.347 e. The third-order valence-corrected chi connectivity index (χ3v) is 2.44. The third kappa shape index (κ3) is 2.67. The van der Waals surface area contributed by atoms with Crippen LogP contribution in [-0.2, 0) is 6.42 Å². The Morgan fingerprint density at radius 3 is 2.88 bits per heavy atom. The summed E-state index contributed by atoms with van der Waals surface area (Å²) in [7, 11) is 0. The minimum absolute atomic E-state index is 0.204. The zero-order valence-electron chi connectivity index (χ0n) is 9.35. The van der Waals surface area contributed by atoms with Crippen molar-refractivity contribution in [3.63, 3.8) is 0 Å². The molecule has 84 valence electrons. The first kappa shape index (κ1) is 10.8. The summed E-state index contributed by atoms with van der Waals surface area (Å²) >= 11 is 0. The van der Waals surface area contributed by atoms with Crippen molar-refractivity contribution < 1.29 is 0 Å². The van der Waals surface area contributed by atoms with Gasteiger partial charge in [-0.25, -0.2) is 4.98 Å². The van der Waals surface area contributed by atoms with Crippen LogP contribution in [-0.4, -0.2) is 21.5 Å². The maximum atomic E-state index is 4.33. The van der Waals surface area contributed by atoms with E-state index >= 15 is 0 Å². The van der Waals surface area contributed by atoms with Gasteiger partial charge in [0.1, 0.15) is 5.82 Å². The molecule has 0 radical (unpaired) electrons. The van der Waals surface area contributed by atoms with Crippen LogP contribution in [0.15, 0.2) is 36.8 Å². The van der Waals surface area contributed by atoms with Gasteiger partial charge in [-0.1, -0.05) is 13.0 Å². The summed E-state index contributed by atoms with van der Waals surface area (Å²) in [4.78, 5) is 11.8. The molecule has 0 aromatic carbocycles. The number of H-pyrrole nitrogens is 1. The van der Waals surface area contributed by atoms with Crippen LogP contribution in [0.3, 0.4) is 0 Å². The quantitative estimate of drug-likeness (QED) is 0.799. The van der Waals surface area contributed by atoms with E-state index in [2.05, 4.69) is 27.2 Å². The molecule has 2 rings (SSSR count). The van der Waals surface area contributed by atoms with Gasteiger partial charge in [-0.3, -0.25) is 4.98 Å². The van der Waals surface area contributed by atoms with E-state index < -0.39 is 0 Å². The molecule has 2 aromatic rings. The van der Waals surface area contributed by atoms with E-state index in [9.17, 15) is 0 Å². The van der Waals surface area contributed by atoms with Gasteiger partial charge in [0.2, 0.25) is 0 Å². The average molecular weight is 216 g/mol. The maximum absolute atomic E-state index is 4.33. The molecule has 2 N–H and O–H groups in total. The molecule has 4 heteroatoms. The number of imidazole rings is 1. The standard InChI is InChI=1S/C12H16N4/c1-2-13-11(12-15-7-8-16-12)9-10-5-3-4-6-14-10/h3-8,11,13H,2,9H2,1H3,(H,15,16). The second-order valence-corrected chi connectivity index (χ2v) is 3.61. The fourth-order valence-corrected chi connectivity index (χ4v) is 1.71. The molecule has 2 aromatic heterocycles. The zero-order chi connectivity index (χ0) is 11.2. The van der Waals surface area contributed by atoms with Crippen LogP contribution in [0.1, 0.15) is 24.5 Å². The minimum atomic E-state index is 0.204. The molecular weight excluding hydrogens is 200 g/mol. The highest BCUT2D eigenvalue weighted by molar-refractivity contribution is 5.08. The predicted octanol–water partition coefficient (Wildman–Crippen LogP) is 1.70. The Morgan fingerprint density at radius 1 is 1.31 bits per heavy atom. The lowest BCUT2D eigenvalue weighted by molar-refractivity contribution is 0.521. The van der Waals surface area contributed by atoms with Crippen molar-refractivity contribution in [1.82, 2.24) is 20.3 Å². The molecule has 0 fully saturated rings. The Labute approximate surface area is 95.1 Å². The van der Waals surface area contributed by atoms with Gasteiger partial charge in [-0.05, 0) is 18.7 Å². The summed E-state index contributed by atoms with van der Waals surface area (Å²) in [6.07, 6.45) is 6.29. The fraction of sp³-hybridized carbons (Fsp3) is 0.333. The molecule has 1 atom stereocenters. The van der Waals surface area contributed by atoms with Crippen molar-refractivity contribution in [3.05, 3.63) is 48.3 Å². The number of aromatic nitrogens is 3. The summed E-state index contributed by atoms with van der Waals surface area (Å²) in [5.41, 5.74) is 1.07. The topological polar surface area (TPSA) is 53.6 Å². The lowest BCUT2D eigenvalue weighted by Gasteiger charge is -2.14. The number of hydrogen-bond donors (Lipinski definition) is 2. The fourth-order valence-electron chi connectivity index (χ4n) is 1.71. The van der Waals surface area contributed by atoms with Crippen LogP contribution in [0.4, 0.5) is 0 Å². The van der Waals surface area contributed by atoms with Gasteiger partial charge >= 0.3 is 0 Å². The van der Waals surface area contributed by atoms with E-state index in [-0.39, 0.29) is 6.04 Å². The molecule has 0 saturated carbocycles. The number of pyridine rings is 1. The predicted molar refractivity (Wildman–Crippen MR) is 62.9 cm³/mol. The highest BCUT2D eigenvalue weighted by Crippen LogP contribution is 2.12. The molecule has 2 heterocycles. The van der Waals surface area contributed by atoms with E-state index in [1.807, 2.05) is 30.6 Å². The molecule has 0 saturated heterocycles. The Kier molecular flexibility index (Phi) is 3.66. The van der Waals surface area contributed by atoms with E-state index in [1.165, 1.54) is 0 Å². The Balaban J connectivity index is 2.09. The van der Waals surface area contributed by atoms with Gasteiger partial charge in [0.25, 0.3) is 0 Å². The Morgan fingerprint density at radius 2 is 2.25 bits per heavy atom. The summed E-state index contributed by atoms with van der Waals surface area (Å²) < 4.78 is 0. The summed E-state index contributed by atoms with van der Waals surface area (Å²) in [5.74, 6) is 0.965. The van der Waals surface area contributed by atoms with Crippen molar-refractivity contribution >= 4 is 0 Å². The number of nitrogens with zero attached hydrogens (tertiary/aromatic N) is 2. The molecular formula is C12H16N4. The minimum Gasteiger partial charge on any atom is -0.347 e. The van der Waals surface area contributed by atoms with Crippen molar-refractivity contribution in [2.45, 2.75) is 19.4 Å². The number of hydrogen-bond acceptors (Lipinski definition) is 3. The summed E-state index contributed by atoms with van der Waals surface area (Å²) in [6, 6.07) is 6.18. The van der Waals surface area contributed by atoms with Crippen LogP contribution in [0, 0.1) is 0 Å². The van der Waals surface area contributed by atoms with Crippen molar-refractivity contribution in [1.29, 1.82) is 0 Å². The summed E-state index contributed by atoms with van der Waals surface area (Å²) in [5, 5.41) is 3.40. The highest BCUT2D eigenvalue weighted by atomic mass is 15.0. The summed E-state index contributed by atoms with van der Waals surface area (Å²) in [6.45, 7) is 3.01. The second kappa shape index (κ2) is 5.42. The van der Waals surface area contributed by atoms with Crippen molar-refractivity contribution in [2.24, 2.45) is 0 Å². The van der Waals surface area contributed by atoms with Gasteiger partial charge in [-0.2, -0.15) is 0 Å². The van der Waals surface area contributed by atoms with E-state index in [4.69, 9.17) is 0 Å². The van der Waals surface area contributed by atoms with Crippen molar-refractivity contribution in [3.8, 4) is 0 Å². The maximum Gasteiger partial charge on any atom is 0.123 e. The third-order valence-electron chi connectivity index (χ3n) is 2.44. The van der Waals surface area contributed by atoms with Gasteiger partial charge in [0, 0.05) is 30.7 Å². The molecule has 0 bridgehead atoms. The van der Waals surface area contributed by atoms with Crippen molar-refractivity contribution in [2.75, 3.05) is 6.54 Å². The van der Waals surface area contributed by atoms with Crippen LogP contribution in [0.25, 0.3) is 0 Å². The van der Waals surface area contributed by atoms with Crippen LogP contribution in [0.2, 0.25) is 0 Å². The molecule has 0 aliphatic rings. The zero-order valence-corrected chi connectivity index (χ0v) is 9.35. The first-order chi connectivity index (χ1) is 7.90. The Bertz CT molecular complexity index is 396. The van der Waals surface area contributed by atoms with Gasteiger partial charge < -0.3 is 10.3 Å². The van der Waals surface area contributed by atoms with Crippen LogP contribution >= 0.6 is 0 Å². The first-order valence-corrected chi connectivity index (χ1v) is 5.52. The van der Waals surface area contributed by atoms with Gasteiger partial charge in [0.15, 0.2) is 0 Å². The SMILES string of the molecule is CCNC(Cc1ccccn1)c1ncc[nH]1. The van der Waals surface area contributed by atoms with E-state index in [0.29, 0.717) is 0 Å². The van der Waals surface area contributed by atoms with E-state index in [1.54, 1.807) is 6.20 Å². The normalized spacial score (nSPS) is 12.6. The molecule has 16 heavy (non-hydrogen) atoms. The lowest BCUT2D eigenvalue weighted by atomic mass is 10.1. The monoisotopic (exact) mass is 216 g/mol. The van der Waals surface area contributed by atoms with Crippen LogP contribution < -0.4 is 5.32 Å². The van der Waals surface area contributed by atoms with Crippen LogP contribution in [0.5, 0.6) is 0 Å². The molecule has 1 unspecified atom stereocenters. The average Bonchev–Trinajstić information content (AvgIpc) is 2.83. The van der Waals surface area contributed by atoms with E-state index in [0.717, 1.165) is 24.5 Å². The van der Waals surface area contributed by atoms with Gasteiger partial charge in [-0.15, -0.1) is 0 Å². The number of aromatic amines is 1.